The lowest BCUT2D eigenvalue weighted by molar-refractivity contribution is 0.0368. The van der Waals surface area contributed by atoms with E-state index in [4.69, 9.17) is 4.74 Å². The second-order valence-corrected chi connectivity index (χ2v) is 7.56. The second kappa shape index (κ2) is 7.64. The van der Waals surface area contributed by atoms with Gasteiger partial charge in [0, 0.05) is 31.6 Å². The molecular formula is C21H26N4O2. The average molecular weight is 366 g/mol. The van der Waals surface area contributed by atoms with Crippen LogP contribution in [-0.2, 0) is 17.6 Å². The largest absolute Gasteiger partial charge is 0.361 e. The minimum absolute atomic E-state index is 0.0670. The van der Waals surface area contributed by atoms with E-state index in [0.29, 0.717) is 30.9 Å². The van der Waals surface area contributed by atoms with Crippen LogP contribution in [0.4, 0.5) is 5.95 Å². The number of nitrogens with zero attached hydrogens (tertiary/aromatic N) is 3. The lowest BCUT2D eigenvalue weighted by Crippen LogP contribution is -2.33. The van der Waals surface area contributed by atoms with Gasteiger partial charge >= 0.3 is 0 Å². The predicted octanol–water partition coefficient (Wildman–Crippen LogP) is 2.88. The van der Waals surface area contributed by atoms with Crippen molar-refractivity contribution in [1.82, 2.24) is 14.9 Å². The number of benzene rings is 1. The maximum Gasteiger partial charge on any atom is 0.258 e. The highest BCUT2D eigenvalue weighted by atomic mass is 16.5. The van der Waals surface area contributed by atoms with Gasteiger partial charge in [0.1, 0.15) is 6.73 Å². The first-order valence-electron chi connectivity index (χ1n) is 9.65. The molecule has 0 atom stereocenters. The summed E-state index contributed by atoms with van der Waals surface area (Å²) in [5.74, 6) is 0.507. The van der Waals surface area contributed by atoms with Crippen LogP contribution in [0.3, 0.4) is 0 Å². The second-order valence-electron chi connectivity index (χ2n) is 7.56. The summed E-state index contributed by atoms with van der Waals surface area (Å²) in [4.78, 5) is 23.0. The summed E-state index contributed by atoms with van der Waals surface area (Å²) in [6, 6.07) is 4.87. The van der Waals surface area contributed by atoms with E-state index in [2.05, 4.69) is 41.3 Å². The summed E-state index contributed by atoms with van der Waals surface area (Å²) in [5, 5.41) is 3.41. The number of anilines is 1. The minimum Gasteiger partial charge on any atom is -0.361 e. The van der Waals surface area contributed by atoms with Gasteiger partial charge in [-0.15, -0.1) is 0 Å². The molecule has 2 aromatic rings. The first kappa shape index (κ1) is 17.9. The van der Waals surface area contributed by atoms with Crippen molar-refractivity contribution in [2.45, 2.75) is 45.6 Å². The highest BCUT2D eigenvalue weighted by Gasteiger charge is 2.23. The number of aryl methyl sites for hydroxylation is 2. The van der Waals surface area contributed by atoms with E-state index in [1.165, 1.54) is 22.3 Å². The molecule has 2 aliphatic rings. The fourth-order valence-electron chi connectivity index (χ4n) is 3.81. The summed E-state index contributed by atoms with van der Waals surface area (Å²) in [6.45, 7) is 6.09. The van der Waals surface area contributed by atoms with E-state index in [1.807, 2.05) is 0 Å². The number of aromatic nitrogens is 2. The average Bonchev–Trinajstić information content (AvgIpc) is 2.87. The SMILES string of the molecule is Cc1cc2c(cc1C)CC(Nc1ncc(C(=O)N3CCCCOC3)cn1)C2. The molecule has 1 aromatic carbocycles. The van der Waals surface area contributed by atoms with Crippen molar-refractivity contribution in [2.24, 2.45) is 0 Å². The van der Waals surface area contributed by atoms with Gasteiger partial charge in [0.25, 0.3) is 5.91 Å². The quantitative estimate of drug-likeness (QED) is 0.905. The van der Waals surface area contributed by atoms with Crippen LogP contribution in [-0.4, -0.2) is 46.7 Å². The van der Waals surface area contributed by atoms with E-state index in [9.17, 15) is 4.79 Å². The molecule has 1 aliphatic heterocycles. The van der Waals surface area contributed by atoms with Crippen LogP contribution in [0.15, 0.2) is 24.5 Å². The molecule has 27 heavy (non-hydrogen) atoms. The first-order chi connectivity index (χ1) is 13.1. The number of hydrogen-bond donors (Lipinski definition) is 1. The van der Waals surface area contributed by atoms with Crippen molar-refractivity contribution in [3.05, 3.63) is 52.3 Å². The minimum atomic E-state index is -0.0670. The van der Waals surface area contributed by atoms with Gasteiger partial charge in [-0.1, -0.05) is 12.1 Å². The van der Waals surface area contributed by atoms with Gasteiger partial charge < -0.3 is 15.0 Å². The van der Waals surface area contributed by atoms with Crippen molar-refractivity contribution in [2.75, 3.05) is 25.2 Å². The summed E-state index contributed by atoms with van der Waals surface area (Å²) >= 11 is 0. The molecule has 1 aliphatic carbocycles. The molecule has 0 saturated carbocycles. The fraction of sp³-hybridized carbons (Fsp3) is 0.476. The molecule has 6 nitrogen and oxygen atoms in total. The third-order valence-corrected chi connectivity index (χ3v) is 5.48. The number of nitrogens with one attached hydrogen (secondary N) is 1. The summed E-state index contributed by atoms with van der Waals surface area (Å²) < 4.78 is 5.46. The third kappa shape index (κ3) is 3.95. The smallest absolute Gasteiger partial charge is 0.258 e. The fourth-order valence-corrected chi connectivity index (χ4v) is 3.81. The van der Waals surface area contributed by atoms with E-state index in [1.54, 1.807) is 17.3 Å². The molecule has 1 saturated heterocycles. The Balaban J connectivity index is 1.39. The van der Waals surface area contributed by atoms with Crippen molar-refractivity contribution >= 4 is 11.9 Å². The zero-order chi connectivity index (χ0) is 18.8. The lowest BCUT2D eigenvalue weighted by atomic mass is 10.0. The Morgan fingerprint density at radius 3 is 2.44 bits per heavy atom. The molecule has 2 heterocycles. The molecule has 1 N–H and O–H groups in total. The monoisotopic (exact) mass is 366 g/mol. The molecule has 0 bridgehead atoms. The van der Waals surface area contributed by atoms with E-state index >= 15 is 0 Å². The molecule has 1 aromatic heterocycles. The topological polar surface area (TPSA) is 67.4 Å². The van der Waals surface area contributed by atoms with Gasteiger partial charge in [-0.05, 0) is 61.8 Å². The molecule has 4 rings (SSSR count). The Labute approximate surface area is 160 Å². The Morgan fingerprint density at radius 1 is 1.11 bits per heavy atom. The number of carbonyl (C=O) groups excluding carboxylic acids is 1. The van der Waals surface area contributed by atoms with Crippen LogP contribution in [0.1, 0.15) is 45.5 Å². The van der Waals surface area contributed by atoms with E-state index in [0.717, 1.165) is 32.2 Å². The molecule has 6 heteroatoms. The van der Waals surface area contributed by atoms with Crippen LogP contribution in [0.2, 0.25) is 0 Å². The number of rotatable bonds is 3. The van der Waals surface area contributed by atoms with Gasteiger partial charge in [-0.25, -0.2) is 9.97 Å². The van der Waals surface area contributed by atoms with Gasteiger partial charge in [-0.3, -0.25) is 4.79 Å². The molecule has 1 fully saturated rings. The van der Waals surface area contributed by atoms with E-state index in [-0.39, 0.29) is 5.91 Å². The highest BCUT2D eigenvalue weighted by molar-refractivity contribution is 5.93. The van der Waals surface area contributed by atoms with Crippen LogP contribution in [0.25, 0.3) is 0 Å². The molecule has 1 amide bonds. The third-order valence-electron chi connectivity index (χ3n) is 5.48. The number of fused-ring (bicyclic) bond motifs is 1. The Hall–Kier alpha value is -2.47. The molecular weight excluding hydrogens is 340 g/mol. The zero-order valence-electron chi connectivity index (χ0n) is 16.0. The van der Waals surface area contributed by atoms with Crippen molar-refractivity contribution in [3.8, 4) is 0 Å². The maximum absolute atomic E-state index is 12.6. The molecule has 0 spiro atoms. The van der Waals surface area contributed by atoms with Crippen LogP contribution in [0.5, 0.6) is 0 Å². The Morgan fingerprint density at radius 2 is 1.78 bits per heavy atom. The number of hydrogen-bond acceptors (Lipinski definition) is 5. The van der Waals surface area contributed by atoms with E-state index < -0.39 is 0 Å². The first-order valence-corrected chi connectivity index (χ1v) is 9.65. The van der Waals surface area contributed by atoms with Crippen molar-refractivity contribution < 1.29 is 9.53 Å². The van der Waals surface area contributed by atoms with Gasteiger partial charge in [-0.2, -0.15) is 0 Å². The summed E-state index contributed by atoms with van der Waals surface area (Å²) in [6.07, 6.45) is 7.13. The Bertz CT molecular complexity index is 796. The normalized spacial score (nSPS) is 17.5. The molecule has 0 radical (unpaired) electrons. The van der Waals surface area contributed by atoms with Crippen molar-refractivity contribution in [3.63, 3.8) is 0 Å². The molecule has 142 valence electrons. The Kier molecular flexibility index (Phi) is 5.07. The van der Waals surface area contributed by atoms with Crippen LogP contribution < -0.4 is 5.32 Å². The number of ether oxygens (including phenoxy) is 1. The lowest BCUT2D eigenvalue weighted by Gasteiger charge is -2.19. The zero-order valence-corrected chi connectivity index (χ0v) is 16.0. The van der Waals surface area contributed by atoms with Crippen LogP contribution >= 0.6 is 0 Å². The van der Waals surface area contributed by atoms with Gasteiger partial charge in [0.15, 0.2) is 0 Å². The van der Waals surface area contributed by atoms with Gasteiger partial charge in [0.05, 0.1) is 5.56 Å². The summed E-state index contributed by atoms with van der Waals surface area (Å²) in [5.41, 5.74) is 6.00. The van der Waals surface area contributed by atoms with Gasteiger partial charge in [0.2, 0.25) is 5.95 Å². The number of carbonyl (C=O) groups is 1. The van der Waals surface area contributed by atoms with Crippen molar-refractivity contribution in [1.29, 1.82) is 0 Å². The number of amides is 1. The molecule has 0 unspecified atom stereocenters. The van der Waals surface area contributed by atoms with Crippen LogP contribution in [0, 0.1) is 13.8 Å². The maximum atomic E-state index is 12.6. The highest BCUT2D eigenvalue weighted by Crippen LogP contribution is 2.26. The summed E-state index contributed by atoms with van der Waals surface area (Å²) in [7, 11) is 0. The predicted molar refractivity (Wildman–Crippen MR) is 104 cm³/mol. The standard InChI is InChI=1S/C21H26N4O2/c1-14-7-16-9-19(10-17(16)8-15(14)2)24-21-22-11-18(12-23-21)20(26)25-5-3-4-6-27-13-25/h7-8,11-12,19H,3-6,9-10,13H2,1-2H3,(H,22,23,24).